The van der Waals surface area contributed by atoms with Crippen LogP contribution in [0.5, 0.6) is 5.75 Å². The van der Waals surface area contributed by atoms with Crippen molar-refractivity contribution in [3.63, 3.8) is 0 Å². The van der Waals surface area contributed by atoms with Crippen molar-refractivity contribution >= 4 is 0 Å². The molecule has 0 fully saturated rings. The number of hydrogen-bond donors (Lipinski definition) is 0. The highest BCUT2D eigenvalue weighted by atomic mass is 19.1. The van der Waals surface area contributed by atoms with Crippen LogP contribution in [0.3, 0.4) is 0 Å². The molecule has 2 aromatic rings. The molecule has 2 unspecified atom stereocenters. The largest absolute Gasteiger partial charge is 0.491 e. The lowest BCUT2D eigenvalue weighted by molar-refractivity contribution is 0.168. The van der Waals surface area contributed by atoms with Gasteiger partial charge in [-0.15, -0.1) is 0 Å². The second-order valence-corrected chi connectivity index (χ2v) is 10.1. The molecule has 0 amide bonds. The molecule has 36 heavy (non-hydrogen) atoms. The molecule has 0 aliphatic rings. The van der Waals surface area contributed by atoms with Gasteiger partial charge in [0.15, 0.2) is 5.82 Å². The van der Waals surface area contributed by atoms with Crippen molar-refractivity contribution in [1.29, 1.82) is 0 Å². The summed E-state index contributed by atoms with van der Waals surface area (Å²) in [5.41, 5.74) is 2.08. The first-order valence-electron chi connectivity index (χ1n) is 14.4. The third kappa shape index (κ3) is 13.3. The highest BCUT2D eigenvalue weighted by Gasteiger charge is 2.13. The van der Waals surface area contributed by atoms with Gasteiger partial charge in [0.25, 0.3) is 0 Å². The molecule has 0 saturated carbocycles. The second kappa shape index (κ2) is 19.1. The summed E-state index contributed by atoms with van der Waals surface area (Å²) in [5, 5.41) is 0. The predicted octanol–water partition coefficient (Wildman–Crippen LogP) is 9.63. The Bertz CT molecular complexity index is 782. The van der Waals surface area contributed by atoms with Crippen LogP contribution in [0.25, 0.3) is 11.4 Å². The van der Waals surface area contributed by atoms with E-state index >= 15 is 0 Å². The Labute approximate surface area is 218 Å². The Morgan fingerprint density at radius 2 is 1.22 bits per heavy atom. The van der Waals surface area contributed by atoms with E-state index in [0.717, 1.165) is 31.2 Å². The molecule has 1 aromatic carbocycles. The lowest BCUT2D eigenvalue weighted by Crippen LogP contribution is -2.15. The predicted molar refractivity (Wildman–Crippen MR) is 147 cm³/mol. The lowest BCUT2D eigenvalue weighted by Gasteiger charge is -2.12. The van der Waals surface area contributed by atoms with E-state index in [-0.39, 0.29) is 19.4 Å². The average Bonchev–Trinajstić information content (AvgIpc) is 2.90. The summed E-state index contributed by atoms with van der Waals surface area (Å²) in [4.78, 5) is 9.06. The average molecular weight is 503 g/mol. The van der Waals surface area contributed by atoms with Gasteiger partial charge in [0, 0.05) is 18.0 Å². The van der Waals surface area contributed by atoms with Gasteiger partial charge in [0.05, 0.1) is 0 Å². The number of rotatable bonds is 21. The van der Waals surface area contributed by atoms with E-state index in [0.29, 0.717) is 18.0 Å². The Balaban J connectivity index is 1.63. The van der Waals surface area contributed by atoms with Gasteiger partial charge in [-0.05, 0) is 61.9 Å². The zero-order chi connectivity index (χ0) is 25.8. The van der Waals surface area contributed by atoms with Gasteiger partial charge < -0.3 is 4.74 Å². The van der Waals surface area contributed by atoms with E-state index in [1.165, 1.54) is 63.4 Å². The third-order valence-electron chi connectivity index (χ3n) is 6.73. The van der Waals surface area contributed by atoms with Crippen molar-refractivity contribution in [3.05, 3.63) is 42.2 Å². The summed E-state index contributed by atoms with van der Waals surface area (Å²) in [5.74, 6) is 1.28. The van der Waals surface area contributed by atoms with Crippen LogP contribution in [0.15, 0.2) is 36.7 Å². The lowest BCUT2D eigenvalue weighted by atomic mass is 10.1. The van der Waals surface area contributed by atoms with Crippen LogP contribution >= 0.6 is 0 Å². The first-order chi connectivity index (χ1) is 17.6. The number of aromatic nitrogens is 2. The van der Waals surface area contributed by atoms with E-state index in [2.05, 4.69) is 23.8 Å². The van der Waals surface area contributed by atoms with E-state index in [9.17, 15) is 8.78 Å². The molecule has 1 heterocycles. The van der Waals surface area contributed by atoms with E-state index in [4.69, 9.17) is 4.74 Å². The monoisotopic (exact) mass is 502 g/mol. The second-order valence-electron chi connectivity index (χ2n) is 10.1. The SMILES string of the molecule is CCCCCCCCCCCc1cnc(-c2ccc(OCC(F)CCC(F)CCCCC)cc2)nc1. The Kier molecular flexibility index (Phi) is 16.0. The van der Waals surface area contributed by atoms with E-state index in [1.54, 1.807) is 0 Å². The molecule has 2 atom stereocenters. The van der Waals surface area contributed by atoms with Crippen LogP contribution in [0.2, 0.25) is 0 Å². The summed E-state index contributed by atoms with van der Waals surface area (Å²) >= 11 is 0. The molecule has 2 rings (SSSR count). The maximum Gasteiger partial charge on any atom is 0.159 e. The van der Waals surface area contributed by atoms with Crippen molar-refractivity contribution in [3.8, 4) is 17.1 Å². The normalized spacial score (nSPS) is 13.0. The zero-order valence-corrected chi connectivity index (χ0v) is 22.7. The molecule has 0 radical (unpaired) electrons. The number of ether oxygens (including phenoxy) is 1. The fourth-order valence-corrected chi connectivity index (χ4v) is 4.36. The van der Waals surface area contributed by atoms with Gasteiger partial charge >= 0.3 is 0 Å². The number of nitrogens with zero attached hydrogens (tertiary/aromatic N) is 2. The third-order valence-corrected chi connectivity index (χ3v) is 6.73. The van der Waals surface area contributed by atoms with E-state index in [1.807, 2.05) is 36.7 Å². The molecular formula is C31H48F2N2O. The summed E-state index contributed by atoms with van der Waals surface area (Å²) < 4.78 is 33.5. The van der Waals surface area contributed by atoms with Gasteiger partial charge in [-0.1, -0.05) is 84.5 Å². The van der Waals surface area contributed by atoms with Crippen molar-refractivity contribution in [2.75, 3.05) is 6.61 Å². The summed E-state index contributed by atoms with van der Waals surface area (Å²) in [6.07, 6.45) is 18.7. The molecule has 0 aliphatic heterocycles. The van der Waals surface area contributed by atoms with Gasteiger partial charge in [-0.25, -0.2) is 18.7 Å². The molecule has 0 saturated heterocycles. The summed E-state index contributed by atoms with van der Waals surface area (Å²) in [7, 11) is 0. The van der Waals surface area contributed by atoms with Crippen LogP contribution in [-0.4, -0.2) is 28.9 Å². The summed E-state index contributed by atoms with van der Waals surface area (Å²) in [6, 6.07) is 7.40. The van der Waals surface area contributed by atoms with Crippen molar-refractivity contribution < 1.29 is 13.5 Å². The van der Waals surface area contributed by atoms with Gasteiger partial charge in [-0.3, -0.25) is 0 Å². The van der Waals surface area contributed by atoms with Crippen LogP contribution in [0.1, 0.15) is 116 Å². The van der Waals surface area contributed by atoms with E-state index < -0.39 is 12.3 Å². The first kappa shape index (κ1) is 30.2. The van der Waals surface area contributed by atoms with Crippen molar-refractivity contribution in [2.45, 2.75) is 129 Å². The van der Waals surface area contributed by atoms with Crippen LogP contribution in [0.4, 0.5) is 8.78 Å². The van der Waals surface area contributed by atoms with Gasteiger partial charge in [0.1, 0.15) is 24.7 Å². The molecule has 0 N–H and O–H groups in total. The molecule has 5 heteroatoms. The summed E-state index contributed by atoms with van der Waals surface area (Å²) in [6.45, 7) is 4.30. The molecule has 202 valence electrons. The molecule has 3 nitrogen and oxygen atoms in total. The quantitative estimate of drug-likeness (QED) is 0.159. The minimum atomic E-state index is -1.16. The maximum absolute atomic E-state index is 14.1. The molecule has 1 aromatic heterocycles. The Morgan fingerprint density at radius 3 is 1.86 bits per heavy atom. The molecular weight excluding hydrogens is 454 g/mol. The highest BCUT2D eigenvalue weighted by Crippen LogP contribution is 2.21. The highest BCUT2D eigenvalue weighted by molar-refractivity contribution is 5.55. The van der Waals surface area contributed by atoms with Gasteiger partial charge in [0.2, 0.25) is 0 Å². The van der Waals surface area contributed by atoms with Gasteiger partial charge in [-0.2, -0.15) is 0 Å². The fourth-order valence-electron chi connectivity index (χ4n) is 4.36. The number of alkyl halides is 2. The van der Waals surface area contributed by atoms with Crippen molar-refractivity contribution in [1.82, 2.24) is 9.97 Å². The molecule has 0 spiro atoms. The number of aryl methyl sites for hydroxylation is 1. The fraction of sp³-hybridized carbons (Fsp3) is 0.677. The Hall–Kier alpha value is -2.04. The number of hydrogen-bond acceptors (Lipinski definition) is 3. The standard InChI is InChI=1S/C31H48F2N2O/c1-3-5-7-8-9-10-11-12-14-15-26-23-34-31(35-24-26)27-17-21-30(22-18-27)36-25-29(33)20-19-28(32)16-13-6-4-2/h17-18,21-24,28-29H,3-16,19-20,25H2,1-2H3. The van der Waals surface area contributed by atoms with Crippen LogP contribution in [-0.2, 0) is 6.42 Å². The topological polar surface area (TPSA) is 35.0 Å². The smallest absolute Gasteiger partial charge is 0.159 e. The first-order valence-corrected chi connectivity index (χ1v) is 14.4. The van der Waals surface area contributed by atoms with Crippen molar-refractivity contribution in [2.24, 2.45) is 0 Å². The number of unbranched alkanes of at least 4 members (excludes halogenated alkanes) is 10. The van der Waals surface area contributed by atoms with Crippen LogP contribution in [0, 0.1) is 0 Å². The maximum atomic E-state index is 14.1. The molecule has 0 aliphatic carbocycles. The zero-order valence-electron chi connectivity index (χ0n) is 22.7. The number of benzene rings is 1. The minimum Gasteiger partial charge on any atom is -0.491 e. The molecule has 0 bridgehead atoms. The van der Waals surface area contributed by atoms with Crippen LogP contribution < -0.4 is 4.74 Å². The Morgan fingerprint density at radius 1 is 0.667 bits per heavy atom. The number of halogens is 2. The minimum absolute atomic E-state index is 0.0505.